The Morgan fingerprint density at radius 1 is 0.958 bits per heavy atom. The van der Waals surface area contributed by atoms with Gasteiger partial charge in [-0.1, -0.05) is 61.9 Å². The lowest BCUT2D eigenvalue weighted by atomic mass is 9.96. The van der Waals surface area contributed by atoms with E-state index in [9.17, 15) is 8.42 Å². The van der Waals surface area contributed by atoms with Crippen LogP contribution in [0.3, 0.4) is 0 Å². The maximum Gasteiger partial charge on any atom is 0.238 e. The van der Waals surface area contributed by atoms with Gasteiger partial charge in [-0.25, -0.2) is 13.6 Å². The normalized spacial score (nSPS) is 11.6. The van der Waals surface area contributed by atoms with Crippen LogP contribution in [0.4, 0.5) is 0 Å². The Bertz CT molecular complexity index is 945. The Kier molecular flexibility index (Phi) is 4.85. The molecule has 0 saturated carbocycles. The van der Waals surface area contributed by atoms with E-state index in [4.69, 9.17) is 5.14 Å². The molecule has 0 atom stereocenters. The van der Waals surface area contributed by atoms with Gasteiger partial charge in [-0.2, -0.15) is 0 Å². The molecule has 0 spiro atoms. The van der Waals surface area contributed by atoms with Crippen LogP contribution < -0.4 is 5.14 Å². The van der Waals surface area contributed by atoms with Crippen molar-refractivity contribution < 1.29 is 8.42 Å². The molecule has 0 aliphatic heterocycles. The lowest BCUT2D eigenvalue weighted by Gasteiger charge is -2.11. The monoisotopic (exact) mass is 357 g/mol. The second-order valence-electron chi connectivity index (χ2n) is 5.60. The summed E-state index contributed by atoms with van der Waals surface area (Å²) in [5.41, 5.74) is 3.80. The van der Waals surface area contributed by atoms with E-state index in [-0.39, 0.29) is 4.90 Å². The van der Waals surface area contributed by atoms with Crippen LogP contribution in [-0.2, 0) is 16.4 Å². The second kappa shape index (κ2) is 6.89. The third-order valence-electron chi connectivity index (χ3n) is 3.89. The lowest BCUT2D eigenvalue weighted by molar-refractivity contribution is 0.598. The number of sulfonamides is 1. The van der Waals surface area contributed by atoms with Gasteiger partial charge in [0.25, 0.3) is 0 Å². The molecule has 3 aromatic rings. The van der Waals surface area contributed by atoms with Gasteiger partial charge in [0.05, 0.1) is 4.90 Å². The number of hydrogen-bond acceptors (Lipinski definition) is 3. The summed E-state index contributed by atoms with van der Waals surface area (Å²) >= 11 is 1.67. The number of aryl methyl sites for hydroxylation is 1. The van der Waals surface area contributed by atoms with Crippen molar-refractivity contribution in [3.05, 3.63) is 64.9 Å². The number of thiophene rings is 1. The van der Waals surface area contributed by atoms with Gasteiger partial charge in [-0.3, -0.25) is 0 Å². The molecule has 1 heterocycles. The summed E-state index contributed by atoms with van der Waals surface area (Å²) in [6.07, 6.45) is 2.00. The maximum atomic E-state index is 12.0. The van der Waals surface area contributed by atoms with Crippen molar-refractivity contribution in [1.82, 2.24) is 0 Å². The van der Waals surface area contributed by atoms with Crippen molar-refractivity contribution in [2.24, 2.45) is 5.14 Å². The summed E-state index contributed by atoms with van der Waals surface area (Å²) < 4.78 is 24.0. The van der Waals surface area contributed by atoms with E-state index in [1.54, 1.807) is 23.5 Å². The summed E-state index contributed by atoms with van der Waals surface area (Å²) in [6, 6.07) is 17.0. The standard InChI is InChI=1S/C19H19NO2S2/c1-2-8-17-19(14-9-4-3-5-10-14)16(13-23-17)15-11-6-7-12-18(15)24(20,21)22/h3-7,9-13H,2,8H2,1H3,(H2,20,21,22). The van der Waals surface area contributed by atoms with E-state index in [1.807, 2.05) is 35.7 Å². The molecule has 0 amide bonds. The number of hydrogen-bond donors (Lipinski definition) is 1. The molecule has 0 aliphatic rings. The zero-order valence-corrected chi connectivity index (χ0v) is 15.0. The first-order valence-corrected chi connectivity index (χ1v) is 10.2. The van der Waals surface area contributed by atoms with Crippen LogP contribution in [-0.4, -0.2) is 8.42 Å². The van der Waals surface area contributed by atoms with Crippen LogP contribution in [0.1, 0.15) is 18.2 Å². The molecule has 0 fully saturated rings. The van der Waals surface area contributed by atoms with Crippen LogP contribution in [0.25, 0.3) is 22.3 Å². The van der Waals surface area contributed by atoms with Crippen LogP contribution in [0.5, 0.6) is 0 Å². The molecule has 0 aliphatic carbocycles. The summed E-state index contributed by atoms with van der Waals surface area (Å²) in [5.74, 6) is 0. The molecule has 0 unspecified atom stereocenters. The molecular weight excluding hydrogens is 338 g/mol. The fourth-order valence-electron chi connectivity index (χ4n) is 2.87. The zero-order valence-electron chi connectivity index (χ0n) is 13.4. The molecule has 124 valence electrons. The second-order valence-corrected chi connectivity index (χ2v) is 8.10. The molecule has 1 aromatic heterocycles. The quantitative estimate of drug-likeness (QED) is 0.720. The Labute approximate surface area is 146 Å². The fraction of sp³-hybridized carbons (Fsp3) is 0.158. The molecule has 2 N–H and O–H groups in total. The van der Waals surface area contributed by atoms with Gasteiger partial charge < -0.3 is 0 Å². The maximum absolute atomic E-state index is 12.0. The Morgan fingerprint density at radius 2 is 1.62 bits per heavy atom. The largest absolute Gasteiger partial charge is 0.238 e. The Morgan fingerprint density at radius 3 is 2.29 bits per heavy atom. The predicted molar refractivity (Wildman–Crippen MR) is 101 cm³/mol. The molecule has 2 aromatic carbocycles. The first-order valence-electron chi connectivity index (χ1n) is 7.80. The SMILES string of the molecule is CCCc1scc(-c2ccccc2S(N)(=O)=O)c1-c1ccccc1. The van der Waals surface area contributed by atoms with Crippen molar-refractivity contribution in [3.8, 4) is 22.3 Å². The van der Waals surface area contributed by atoms with E-state index < -0.39 is 10.0 Å². The molecular formula is C19H19NO2S2. The van der Waals surface area contributed by atoms with Crippen molar-refractivity contribution in [3.63, 3.8) is 0 Å². The Balaban J connectivity index is 2.28. The summed E-state index contributed by atoms with van der Waals surface area (Å²) in [4.78, 5) is 1.44. The molecule has 0 radical (unpaired) electrons. The first kappa shape index (κ1) is 16.9. The highest BCUT2D eigenvalue weighted by atomic mass is 32.2. The first-order chi connectivity index (χ1) is 11.5. The van der Waals surface area contributed by atoms with Crippen molar-refractivity contribution in [2.75, 3.05) is 0 Å². The average Bonchev–Trinajstić information content (AvgIpc) is 2.99. The van der Waals surface area contributed by atoms with Crippen LogP contribution in [0, 0.1) is 0 Å². The number of primary sulfonamides is 1. The van der Waals surface area contributed by atoms with E-state index >= 15 is 0 Å². The minimum absolute atomic E-state index is 0.169. The van der Waals surface area contributed by atoms with Crippen molar-refractivity contribution >= 4 is 21.4 Å². The minimum atomic E-state index is -3.78. The molecule has 3 nitrogen and oxygen atoms in total. The summed E-state index contributed by atoms with van der Waals surface area (Å²) in [6.45, 7) is 2.15. The van der Waals surface area contributed by atoms with Crippen LogP contribution in [0.15, 0.2) is 64.9 Å². The summed E-state index contributed by atoms with van der Waals surface area (Å²) in [5, 5.41) is 7.46. The van der Waals surface area contributed by atoms with Gasteiger partial charge in [-0.15, -0.1) is 11.3 Å². The highest BCUT2D eigenvalue weighted by Gasteiger charge is 2.20. The van der Waals surface area contributed by atoms with Gasteiger partial charge >= 0.3 is 0 Å². The summed E-state index contributed by atoms with van der Waals surface area (Å²) in [7, 11) is -3.78. The number of rotatable bonds is 5. The molecule has 24 heavy (non-hydrogen) atoms. The zero-order chi connectivity index (χ0) is 17.2. The van der Waals surface area contributed by atoms with Crippen LogP contribution >= 0.6 is 11.3 Å². The van der Waals surface area contributed by atoms with Gasteiger partial charge in [0, 0.05) is 21.6 Å². The number of nitrogens with two attached hydrogens (primary N) is 1. The molecule has 0 bridgehead atoms. The van der Waals surface area contributed by atoms with Gasteiger partial charge in [0.2, 0.25) is 10.0 Å². The van der Waals surface area contributed by atoms with E-state index in [0.717, 1.165) is 29.5 Å². The highest BCUT2D eigenvalue weighted by Crippen LogP contribution is 2.41. The van der Waals surface area contributed by atoms with Crippen molar-refractivity contribution in [2.45, 2.75) is 24.7 Å². The van der Waals surface area contributed by atoms with E-state index in [2.05, 4.69) is 19.1 Å². The van der Waals surface area contributed by atoms with Gasteiger partial charge in [0.1, 0.15) is 0 Å². The average molecular weight is 358 g/mol. The fourth-order valence-corrected chi connectivity index (χ4v) is 4.79. The van der Waals surface area contributed by atoms with Gasteiger partial charge in [-0.05, 0) is 23.4 Å². The third kappa shape index (κ3) is 3.29. The van der Waals surface area contributed by atoms with E-state index in [0.29, 0.717) is 5.56 Å². The molecule has 3 rings (SSSR count). The molecule has 0 saturated heterocycles. The van der Waals surface area contributed by atoms with Crippen molar-refractivity contribution in [1.29, 1.82) is 0 Å². The van der Waals surface area contributed by atoms with E-state index in [1.165, 1.54) is 4.88 Å². The topological polar surface area (TPSA) is 60.2 Å². The molecule has 5 heteroatoms. The van der Waals surface area contributed by atoms with Crippen LogP contribution in [0.2, 0.25) is 0 Å². The highest BCUT2D eigenvalue weighted by molar-refractivity contribution is 7.89. The predicted octanol–water partition coefficient (Wildman–Crippen LogP) is 4.68. The third-order valence-corrected chi connectivity index (χ3v) is 5.91. The smallest absolute Gasteiger partial charge is 0.225 e. The minimum Gasteiger partial charge on any atom is -0.225 e. The van der Waals surface area contributed by atoms with Gasteiger partial charge in [0.15, 0.2) is 0 Å². The lowest BCUT2D eigenvalue weighted by Crippen LogP contribution is -2.13. The Hall–Kier alpha value is -1.95. The number of benzene rings is 2.